The average molecular weight is 257 g/mol. The van der Waals surface area contributed by atoms with Gasteiger partial charge in [0.25, 0.3) is 0 Å². The van der Waals surface area contributed by atoms with E-state index >= 15 is 0 Å². The monoisotopic (exact) mass is 257 g/mol. The molecule has 0 saturated heterocycles. The van der Waals surface area contributed by atoms with E-state index in [-0.39, 0.29) is 11.3 Å². The number of rotatable bonds is 3. The van der Waals surface area contributed by atoms with E-state index in [1.165, 1.54) is 0 Å². The Kier molecular flexibility index (Phi) is 3.65. The molecular formula is C16H19NO2. The third-order valence-electron chi connectivity index (χ3n) is 2.45. The lowest BCUT2D eigenvalue weighted by atomic mass is 10.1. The molecule has 0 amide bonds. The second-order valence-corrected chi connectivity index (χ2v) is 5.50. The van der Waals surface area contributed by atoms with E-state index < -0.39 is 0 Å². The molecule has 0 aliphatic rings. The van der Waals surface area contributed by atoms with Crippen molar-refractivity contribution in [2.75, 3.05) is 5.32 Å². The largest absolute Gasteiger partial charge is 0.508 e. The molecule has 0 aliphatic heterocycles. The highest BCUT2D eigenvalue weighted by Gasteiger charge is 2.08. The minimum Gasteiger partial charge on any atom is -0.508 e. The number of nitrogens with one attached hydrogen (secondary N) is 1. The third kappa shape index (κ3) is 4.21. The van der Waals surface area contributed by atoms with Crippen molar-refractivity contribution in [1.82, 2.24) is 0 Å². The zero-order chi connectivity index (χ0) is 13.9. The lowest BCUT2D eigenvalue weighted by Crippen LogP contribution is -2.25. The molecule has 2 aromatic rings. The second kappa shape index (κ2) is 5.22. The van der Waals surface area contributed by atoms with Crippen molar-refractivity contribution in [2.45, 2.75) is 26.3 Å². The number of hydrogen-bond acceptors (Lipinski definition) is 3. The highest BCUT2D eigenvalue weighted by atomic mass is 16.5. The van der Waals surface area contributed by atoms with Gasteiger partial charge in [-0.3, -0.25) is 0 Å². The van der Waals surface area contributed by atoms with Crippen LogP contribution in [-0.2, 0) is 0 Å². The van der Waals surface area contributed by atoms with Crippen LogP contribution in [0.5, 0.6) is 17.2 Å². The first-order valence-corrected chi connectivity index (χ1v) is 6.27. The number of benzene rings is 2. The fourth-order valence-electron chi connectivity index (χ4n) is 1.69. The van der Waals surface area contributed by atoms with E-state index in [2.05, 4.69) is 26.1 Å². The number of hydrogen-bond donors (Lipinski definition) is 2. The first-order valence-electron chi connectivity index (χ1n) is 6.27. The van der Waals surface area contributed by atoms with Gasteiger partial charge in [0.1, 0.15) is 17.2 Å². The highest BCUT2D eigenvalue weighted by Crippen LogP contribution is 2.25. The van der Waals surface area contributed by atoms with Crippen molar-refractivity contribution in [3.8, 4) is 17.2 Å². The summed E-state index contributed by atoms with van der Waals surface area (Å²) in [5.41, 5.74) is 1.10. The second-order valence-electron chi connectivity index (χ2n) is 5.50. The van der Waals surface area contributed by atoms with Crippen molar-refractivity contribution in [1.29, 1.82) is 0 Å². The third-order valence-corrected chi connectivity index (χ3v) is 2.45. The fraction of sp³-hybridized carbons (Fsp3) is 0.250. The van der Waals surface area contributed by atoms with Crippen molar-refractivity contribution >= 4 is 5.69 Å². The molecule has 0 fully saturated rings. The quantitative estimate of drug-likeness (QED) is 0.856. The van der Waals surface area contributed by atoms with Crippen LogP contribution in [-0.4, -0.2) is 10.6 Å². The molecule has 0 unspecified atom stereocenters. The minimum atomic E-state index is 0.0410. The summed E-state index contributed by atoms with van der Waals surface area (Å²) in [6.45, 7) is 6.36. The Balaban J connectivity index is 2.04. The number of phenols is 1. The number of aromatic hydroxyl groups is 1. The van der Waals surface area contributed by atoms with E-state index in [4.69, 9.17) is 4.74 Å². The first kappa shape index (κ1) is 13.3. The number of anilines is 1. The molecule has 100 valence electrons. The fourth-order valence-corrected chi connectivity index (χ4v) is 1.69. The Labute approximate surface area is 113 Å². The number of phenolic OH excluding ortho intramolecular Hbond substituents is 1. The molecule has 3 heteroatoms. The summed E-state index contributed by atoms with van der Waals surface area (Å²) in [7, 11) is 0. The molecule has 0 bridgehead atoms. The van der Waals surface area contributed by atoms with Crippen LogP contribution in [0.25, 0.3) is 0 Å². The molecule has 0 radical (unpaired) electrons. The van der Waals surface area contributed by atoms with Crippen LogP contribution < -0.4 is 10.1 Å². The maximum Gasteiger partial charge on any atom is 0.127 e. The van der Waals surface area contributed by atoms with Crippen molar-refractivity contribution in [2.24, 2.45) is 0 Å². The molecule has 2 rings (SSSR count). The zero-order valence-corrected chi connectivity index (χ0v) is 11.5. The summed E-state index contributed by atoms with van der Waals surface area (Å²) < 4.78 is 5.68. The Morgan fingerprint density at radius 1 is 0.842 bits per heavy atom. The maximum absolute atomic E-state index is 9.20. The molecule has 3 nitrogen and oxygen atoms in total. The van der Waals surface area contributed by atoms with Gasteiger partial charge in [0, 0.05) is 11.2 Å². The van der Waals surface area contributed by atoms with Crippen molar-refractivity contribution in [3.05, 3.63) is 48.5 Å². The van der Waals surface area contributed by atoms with Gasteiger partial charge in [0.15, 0.2) is 0 Å². The summed E-state index contributed by atoms with van der Waals surface area (Å²) >= 11 is 0. The topological polar surface area (TPSA) is 41.5 Å². The van der Waals surface area contributed by atoms with Gasteiger partial charge in [-0.25, -0.2) is 0 Å². The molecule has 19 heavy (non-hydrogen) atoms. The predicted octanol–water partition coefficient (Wildman–Crippen LogP) is 4.39. The lowest BCUT2D eigenvalue weighted by molar-refractivity contribution is 0.464. The van der Waals surface area contributed by atoms with Crippen LogP contribution in [0.15, 0.2) is 48.5 Å². The summed E-state index contributed by atoms with van der Waals surface area (Å²) in [5.74, 6) is 1.71. The SMILES string of the molecule is CC(C)(C)Nc1ccc(Oc2ccc(O)cc2)cc1. The van der Waals surface area contributed by atoms with Gasteiger partial charge in [0.2, 0.25) is 0 Å². The Morgan fingerprint density at radius 3 is 1.79 bits per heavy atom. The Bertz CT molecular complexity index is 524. The van der Waals surface area contributed by atoms with E-state index in [1.807, 2.05) is 24.3 Å². The van der Waals surface area contributed by atoms with E-state index in [9.17, 15) is 5.11 Å². The summed E-state index contributed by atoms with van der Waals surface area (Å²) in [6.07, 6.45) is 0. The van der Waals surface area contributed by atoms with Gasteiger partial charge in [-0.05, 0) is 69.3 Å². The first-order chi connectivity index (χ1) is 8.92. The molecular weight excluding hydrogens is 238 g/mol. The molecule has 2 N–H and O–H groups in total. The zero-order valence-electron chi connectivity index (χ0n) is 11.5. The van der Waals surface area contributed by atoms with Crippen molar-refractivity contribution in [3.63, 3.8) is 0 Å². The van der Waals surface area contributed by atoms with E-state index in [1.54, 1.807) is 24.3 Å². The standard InChI is InChI=1S/C16H19NO2/c1-16(2,3)17-12-4-8-14(9-5-12)19-15-10-6-13(18)7-11-15/h4-11,17-18H,1-3H3. The smallest absolute Gasteiger partial charge is 0.127 e. The lowest BCUT2D eigenvalue weighted by Gasteiger charge is -2.22. The summed E-state index contributed by atoms with van der Waals surface area (Å²) in [5, 5.41) is 12.6. The van der Waals surface area contributed by atoms with E-state index in [0.29, 0.717) is 5.75 Å². The van der Waals surface area contributed by atoms with Crippen LogP contribution in [0, 0.1) is 0 Å². The van der Waals surface area contributed by atoms with Crippen LogP contribution in [0.2, 0.25) is 0 Å². The Morgan fingerprint density at radius 2 is 1.32 bits per heavy atom. The van der Waals surface area contributed by atoms with E-state index in [0.717, 1.165) is 11.4 Å². The summed E-state index contributed by atoms with van der Waals surface area (Å²) in [6, 6.07) is 14.5. The summed E-state index contributed by atoms with van der Waals surface area (Å²) in [4.78, 5) is 0. The van der Waals surface area contributed by atoms with Crippen LogP contribution in [0.1, 0.15) is 20.8 Å². The molecule has 0 atom stereocenters. The van der Waals surface area contributed by atoms with Gasteiger partial charge in [-0.2, -0.15) is 0 Å². The average Bonchev–Trinajstić information content (AvgIpc) is 2.33. The maximum atomic E-state index is 9.20. The molecule has 0 saturated carbocycles. The van der Waals surface area contributed by atoms with Gasteiger partial charge in [-0.15, -0.1) is 0 Å². The number of ether oxygens (including phenoxy) is 1. The normalized spacial score (nSPS) is 11.1. The molecule has 2 aromatic carbocycles. The van der Waals surface area contributed by atoms with Gasteiger partial charge in [0.05, 0.1) is 0 Å². The highest BCUT2D eigenvalue weighted by molar-refractivity contribution is 5.48. The van der Waals surface area contributed by atoms with Gasteiger partial charge < -0.3 is 15.2 Å². The predicted molar refractivity (Wildman–Crippen MR) is 78.0 cm³/mol. The molecule has 0 spiro atoms. The van der Waals surface area contributed by atoms with Crippen molar-refractivity contribution < 1.29 is 9.84 Å². The molecule has 0 aromatic heterocycles. The van der Waals surface area contributed by atoms with Crippen LogP contribution in [0.4, 0.5) is 5.69 Å². The Hall–Kier alpha value is -2.16. The van der Waals surface area contributed by atoms with Crippen LogP contribution >= 0.6 is 0 Å². The molecule has 0 aliphatic carbocycles. The molecule has 0 heterocycles. The minimum absolute atomic E-state index is 0.0410. The van der Waals surface area contributed by atoms with Gasteiger partial charge >= 0.3 is 0 Å². The van der Waals surface area contributed by atoms with Gasteiger partial charge in [-0.1, -0.05) is 0 Å². The van der Waals surface area contributed by atoms with Crippen LogP contribution in [0.3, 0.4) is 0 Å².